The van der Waals surface area contributed by atoms with Crippen LogP contribution in [0.2, 0.25) is 0 Å². The van der Waals surface area contributed by atoms with Crippen molar-refractivity contribution in [2.24, 2.45) is 4.99 Å². The van der Waals surface area contributed by atoms with Gasteiger partial charge in [-0.2, -0.15) is 18.4 Å². The molecule has 1 N–H and O–H groups in total. The number of rotatable bonds is 6. The molecule has 36 heavy (non-hydrogen) atoms. The van der Waals surface area contributed by atoms with Crippen molar-refractivity contribution in [2.75, 3.05) is 7.11 Å². The molecule has 11 heteroatoms. The van der Waals surface area contributed by atoms with Gasteiger partial charge in [0.15, 0.2) is 16.7 Å². The van der Waals surface area contributed by atoms with Gasteiger partial charge in [0, 0.05) is 6.20 Å². The highest BCUT2D eigenvalue weighted by Crippen LogP contribution is 2.41. The van der Waals surface area contributed by atoms with Crippen LogP contribution >= 0.6 is 11.8 Å². The largest absolute Gasteiger partial charge is 0.493 e. The second-order valence-corrected chi connectivity index (χ2v) is 8.37. The van der Waals surface area contributed by atoms with E-state index in [0.29, 0.717) is 22.2 Å². The van der Waals surface area contributed by atoms with Gasteiger partial charge in [0.25, 0.3) is 5.91 Å². The average molecular weight is 510 g/mol. The van der Waals surface area contributed by atoms with E-state index in [9.17, 15) is 18.0 Å². The number of aromatic nitrogens is 1. The van der Waals surface area contributed by atoms with Crippen LogP contribution in [-0.2, 0) is 17.5 Å². The molecule has 1 saturated heterocycles. The molecule has 1 aliphatic heterocycles. The van der Waals surface area contributed by atoms with Crippen molar-refractivity contribution in [3.05, 3.63) is 88.1 Å². The number of amidine groups is 1. The lowest BCUT2D eigenvalue weighted by Crippen LogP contribution is -2.19. The van der Waals surface area contributed by atoms with Gasteiger partial charge in [-0.05, 0) is 65.9 Å². The molecule has 3 aromatic rings. The highest BCUT2D eigenvalue weighted by atomic mass is 32.2. The maximum Gasteiger partial charge on any atom is 0.420 e. The van der Waals surface area contributed by atoms with Crippen LogP contribution < -0.4 is 14.8 Å². The van der Waals surface area contributed by atoms with Crippen molar-refractivity contribution in [3.8, 4) is 23.3 Å². The lowest BCUT2D eigenvalue weighted by Gasteiger charge is -2.16. The summed E-state index contributed by atoms with van der Waals surface area (Å²) in [6, 6.07) is 14.8. The number of nitriles is 1. The number of thioether (sulfide) groups is 1. The fraction of sp³-hybridized carbons (Fsp3) is 0.120. The Balaban J connectivity index is 1.55. The predicted molar refractivity (Wildman–Crippen MR) is 128 cm³/mol. The van der Waals surface area contributed by atoms with Crippen LogP contribution in [0, 0.1) is 11.3 Å². The summed E-state index contributed by atoms with van der Waals surface area (Å²) < 4.78 is 51.3. The first-order chi connectivity index (χ1) is 17.3. The second-order valence-electron chi connectivity index (χ2n) is 7.34. The zero-order chi connectivity index (χ0) is 25.7. The summed E-state index contributed by atoms with van der Waals surface area (Å²) in [5, 5.41) is 12.1. The third kappa shape index (κ3) is 5.84. The van der Waals surface area contributed by atoms with Crippen LogP contribution in [0.3, 0.4) is 0 Å². The van der Waals surface area contributed by atoms with Gasteiger partial charge < -0.3 is 14.8 Å². The summed E-state index contributed by atoms with van der Waals surface area (Å²) in [5.74, 6) is -0.595. The molecule has 2 heterocycles. The smallest absolute Gasteiger partial charge is 0.420 e. The van der Waals surface area contributed by atoms with Gasteiger partial charge in [-0.15, -0.1) is 0 Å². The number of pyridine rings is 1. The number of methoxy groups -OCH3 is 1. The highest BCUT2D eigenvalue weighted by molar-refractivity contribution is 8.18. The van der Waals surface area contributed by atoms with E-state index in [2.05, 4.69) is 15.3 Å². The van der Waals surface area contributed by atoms with E-state index < -0.39 is 17.5 Å². The Morgan fingerprint density at radius 2 is 1.94 bits per heavy atom. The van der Waals surface area contributed by atoms with E-state index >= 15 is 0 Å². The monoisotopic (exact) mass is 510 g/mol. The van der Waals surface area contributed by atoms with E-state index in [1.807, 2.05) is 12.1 Å². The number of halogens is 3. The standard InChI is InChI=1S/C25H17F3N4O3S/c1-34-21-11-15(12-22-23(33)32-24(36-22)31-14-17-4-2-3-9-30-17)5-8-20(21)35-19-7-6-16(13-29)10-18(19)25(26,27)28/h2-12H,14H2,1H3,(H,31,32,33)/b22-12-. The van der Waals surface area contributed by atoms with E-state index in [4.69, 9.17) is 14.7 Å². The van der Waals surface area contributed by atoms with Gasteiger partial charge in [0.1, 0.15) is 5.75 Å². The Morgan fingerprint density at radius 3 is 2.64 bits per heavy atom. The Morgan fingerprint density at radius 1 is 1.14 bits per heavy atom. The van der Waals surface area contributed by atoms with Gasteiger partial charge in [-0.1, -0.05) is 12.1 Å². The number of alkyl halides is 3. The summed E-state index contributed by atoms with van der Waals surface area (Å²) in [6.07, 6.45) is -1.45. The molecule has 0 aliphatic carbocycles. The van der Waals surface area contributed by atoms with Crippen LogP contribution in [0.4, 0.5) is 13.2 Å². The van der Waals surface area contributed by atoms with Crippen molar-refractivity contribution >= 4 is 28.9 Å². The summed E-state index contributed by atoms with van der Waals surface area (Å²) in [5.41, 5.74) is 0.109. The number of benzene rings is 2. The Bertz CT molecular complexity index is 1400. The van der Waals surface area contributed by atoms with Crippen molar-refractivity contribution < 1.29 is 27.4 Å². The van der Waals surface area contributed by atoms with Crippen LogP contribution in [0.5, 0.6) is 17.2 Å². The van der Waals surface area contributed by atoms with Gasteiger partial charge in [-0.25, -0.2) is 0 Å². The Hall–Kier alpha value is -4.30. The minimum Gasteiger partial charge on any atom is -0.493 e. The zero-order valence-electron chi connectivity index (χ0n) is 18.7. The Kier molecular flexibility index (Phi) is 7.26. The van der Waals surface area contributed by atoms with Crippen molar-refractivity contribution in [2.45, 2.75) is 12.7 Å². The number of hydrogen-bond acceptors (Lipinski definition) is 7. The summed E-state index contributed by atoms with van der Waals surface area (Å²) in [6.45, 7) is 0.311. The number of nitrogens with one attached hydrogen (secondary N) is 1. The minimum atomic E-state index is -4.72. The minimum absolute atomic E-state index is 0.0380. The quantitative estimate of drug-likeness (QED) is 0.438. The van der Waals surface area contributed by atoms with E-state index in [0.717, 1.165) is 29.6 Å². The lowest BCUT2D eigenvalue weighted by atomic mass is 10.1. The van der Waals surface area contributed by atoms with Crippen LogP contribution in [-0.4, -0.2) is 23.2 Å². The maximum absolute atomic E-state index is 13.5. The van der Waals surface area contributed by atoms with Gasteiger partial charge in [0.05, 0.1) is 41.4 Å². The number of nitrogens with zero attached hydrogens (tertiary/aromatic N) is 3. The van der Waals surface area contributed by atoms with Crippen LogP contribution in [0.15, 0.2) is 70.7 Å². The first-order valence-corrected chi connectivity index (χ1v) is 11.2. The number of aliphatic imine (C=N–C) groups is 1. The van der Waals surface area contributed by atoms with Crippen molar-refractivity contribution in [1.29, 1.82) is 5.26 Å². The summed E-state index contributed by atoms with van der Waals surface area (Å²) in [7, 11) is 1.35. The molecule has 7 nitrogen and oxygen atoms in total. The van der Waals surface area contributed by atoms with Gasteiger partial charge in [0.2, 0.25) is 0 Å². The number of carbonyl (C=O) groups excluding carboxylic acids is 1. The highest BCUT2D eigenvalue weighted by Gasteiger charge is 2.35. The molecule has 0 radical (unpaired) electrons. The number of carbonyl (C=O) groups is 1. The third-order valence-electron chi connectivity index (χ3n) is 4.88. The molecule has 2 aromatic carbocycles. The normalized spacial score (nSPS) is 15.6. The molecule has 1 fully saturated rings. The zero-order valence-corrected chi connectivity index (χ0v) is 19.5. The number of hydrogen-bond donors (Lipinski definition) is 1. The molecule has 1 aromatic heterocycles. The molecule has 1 amide bonds. The lowest BCUT2D eigenvalue weighted by molar-refractivity contribution is -0.138. The van der Waals surface area contributed by atoms with E-state index in [1.165, 1.54) is 25.3 Å². The van der Waals surface area contributed by atoms with Gasteiger partial charge >= 0.3 is 6.18 Å². The molecule has 4 rings (SSSR count). The molecular formula is C25H17F3N4O3S. The molecule has 0 bridgehead atoms. The summed E-state index contributed by atoms with van der Waals surface area (Å²) in [4.78, 5) is 21.3. The summed E-state index contributed by atoms with van der Waals surface area (Å²) >= 11 is 1.16. The molecule has 0 saturated carbocycles. The molecule has 0 unspecified atom stereocenters. The first-order valence-electron chi connectivity index (χ1n) is 10.4. The first kappa shape index (κ1) is 24.8. The second kappa shape index (κ2) is 10.5. The molecule has 1 aliphatic rings. The number of amides is 1. The molecular weight excluding hydrogens is 493 g/mol. The average Bonchev–Trinajstić information content (AvgIpc) is 3.22. The van der Waals surface area contributed by atoms with Crippen molar-refractivity contribution in [1.82, 2.24) is 10.3 Å². The van der Waals surface area contributed by atoms with Crippen LogP contribution in [0.1, 0.15) is 22.4 Å². The van der Waals surface area contributed by atoms with E-state index in [1.54, 1.807) is 30.5 Å². The maximum atomic E-state index is 13.5. The molecule has 0 atom stereocenters. The molecule has 0 spiro atoms. The number of ether oxygens (including phenoxy) is 2. The fourth-order valence-corrected chi connectivity index (χ4v) is 4.00. The molecule has 182 valence electrons. The fourth-order valence-electron chi connectivity index (χ4n) is 3.18. The van der Waals surface area contributed by atoms with Crippen molar-refractivity contribution in [3.63, 3.8) is 0 Å². The van der Waals surface area contributed by atoms with Crippen LogP contribution in [0.25, 0.3) is 6.08 Å². The predicted octanol–water partition coefficient (Wildman–Crippen LogP) is 5.53. The van der Waals surface area contributed by atoms with Gasteiger partial charge in [-0.3, -0.25) is 14.8 Å². The van der Waals surface area contributed by atoms with E-state index in [-0.39, 0.29) is 23.0 Å². The third-order valence-corrected chi connectivity index (χ3v) is 5.83. The Labute approximate surface area is 208 Å². The topological polar surface area (TPSA) is 96.6 Å². The SMILES string of the molecule is COc1cc(/C=C2\SC(=NCc3ccccn3)NC2=O)ccc1Oc1ccc(C#N)cc1C(F)(F)F.